The third kappa shape index (κ3) is 3.19. The third-order valence-corrected chi connectivity index (χ3v) is 5.85. The van der Waals surface area contributed by atoms with E-state index in [4.69, 9.17) is 5.73 Å². The molecule has 0 saturated heterocycles. The number of rotatable bonds is 6. The summed E-state index contributed by atoms with van der Waals surface area (Å²) in [6, 6.07) is 13.0. The Kier molecular flexibility index (Phi) is 4.70. The zero-order valence-corrected chi connectivity index (χ0v) is 13.8. The Morgan fingerprint density at radius 3 is 2.67 bits per heavy atom. The predicted octanol–water partition coefficient (Wildman–Crippen LogP) is 4.44. The zero-order chi connectivity index (χ0) is 14.7. The van der Waals surface area contributed by atoms with Crippen molar-refractivity contribution in [3.63, 3.8) is 0 Å². The molecule has 0 aliphatic rings. The fraction of sp³-hybridized carbons (Fsp3) is 0.294. The topological polar surface area (TPSA) is 29.3 Å². The van der Waals surface area contributed by atoms with E-state index in [9.17, 15) is 0 Å². The molecule has 0 bridgehead atoms. The van der Waals surface area contributed by atoms with Gasteiger partial charge in [-0.3, -0.25) is 4.90 Å². The third-order valence-electron chi connectivity index (χ3n) is 3.76. The number of hydrogen-bond acceptors (Lipinski definition) is 4. The Balaban J connectivity index is 1.88. The first-order valence-electron chi connectivity index (χ1n) is 7.26. The first kappa shape index (κ1) is 14.7. The highest BCUT2D eigenvalue weighted by molar-refractivity contribution is 7.19. The monoisotopic (exact) mass is 316 g/mol. The molecule has 2 nitrogen and oxygen atoms in total. The van der Waals surface area contributed by atoms with Gasteiger partial charge in [0.05, 0.1) is 0 Å². The molecule has 3 rings (SSSR count). The second-order valence-corrected chi connectivity index (χ2v) is 7.26. The fourth-order valence-electron chi connectivity index (χ4n) is 2.61. The summed E-state index contributed by atoms with van der Waals surface area (Å²) in [5.74, 6) is 0. The highest BCUT2D eigenvalue weighted by atomic mass is 32.1. The Morgan fingerprint density at radius 2 is 1.95 bits per heavy atom. The molecule has 0 amide bonds. The van der Waals surface area contributed by atoms with Crippen LogP contribution in [0.1, 0.15) is 22.2 Å². The molecule has 1 aromatic carbocycles. The second-order valence-electron chi connectivity index (χ2n) is 5.09. The van der Waals surface area contributed by atoms with Gasteiger partial charge in [-0.15, -0.1) is 22.7 Å². The summed E-state index contributed by atoms with van der Waals surface area (Å²) in [5, 5.41) is 3.52. The first-order valence-corrected chi connectivity index (χ1v) is 8.95. The summed E-state index contributed by atoms with van der Waals surface area (Å²) in [7, 11) is 0. The Bertz CT molecular complexity index is 701. The van der Waals surface area contributed by atoms with Crippen LogP contribution in [0.3, 0.4) is 0 Å². The molecule has 2 aromatic heterocycles. The quantitative estimate of drug-likeness (QED) is 0.728. The van der Waals surface area contributed by atoms with E-state index in [1.165, 1.54) is 25.4 Å². The molecule has 0 unspecified atom stereocenters. The zero-order valence-electron chi connectivity index (χ0n) is 12.2. The summed E-state index contributed by atoms with van der Waals surface area (Å²) in [6.45, 7) is 5.90. The van der Waals surface area contributed by atoms with Crippen LogP contribution in [0.2, 0.25) is 0 Å². The molecule has 110 valence electrons. The van der Waals surface area contributed by atoms with Crippen molar-refractivity contribution in [3.05, 3.63) is 57.1 Å². The maximum absolute atomic E-state index is 5.96. The van der Waals surface area contributed by atoms with E-state index < -0.39 is 0 Å². The van der Waals surface area contributed by atoms with Gasteiger partial charge in [-0.05, 0) is 35.0 Å². The minimum atomic E-state index is 0.630. The molecule has 0 aliphatic heterocycles. The number of thiophene rings is 2. The van der Waals surface area contributed by atoms with Crippen molar-refractivity contribution >= 4 is 32.8 Å². The van der Waals surface area contributed by atoms with E-state index in [-0.39, 0.29) is 0 Å². The lowest BCUT2D eigenvalue weighted by atomic mass is 10.1. The summed E-state index contributed by atoms with van der Waals surface area (Å²) < 4.78 is 1.35. The minimum Gasteiger partial charge on any atom is -0.326 e. The van der Waals surface area contributed by atoms with Crippen molar-refractivity contribution in [1.29, 1.82) is 0 Å². The SMILES string of the molecule is CCN(Cc1cccs1)Cc1c(CN)sc2ccccc12. The number of benzene rings is 1. The van der Waals surface area contributed by atoms with Crippen molar-refractivity contribution < 1.29 is 0 Å². The van der Waals surface area contributed by atoms with Crippen LogP contribution in [0.25, 0.3) is 10.1 Å². The van der Waals surface area contributed by atoms with Crippen LogP contribution in [0, 0.1) is 0 Å². The summed E-state index contributed by atoms with van der Waals surface area (Å²) in [6.07, 6.45) is 0. The van der Waals surface area contributed by atoms with E-state index in [2.05, 4.69) is 53.6 Å². The molecule has 0 fully saturated rings. The van der Waals surface area contributed by atoms with Gasteiger partial charge in [0, 0.05) is 34.1 Å². The number of nitrogens with zero attached hydrogens (tertiary/aromatic N) is 1. The highest BCUT2D eigenvalue weighted by Gasteiger charge is 2.14. The van der Waals surface area contributed by atoms with Crippen LogP contribution < -0.4 is 5.73 Å². The van der Waals surface area contributed by atoms with Gasteiger partial charge >= 0.3 is 0 Å². The Labute approximate surface area is 133 Å². The maximum Gasteiger partial charge on any atom is 0.0349 e. The van der Waals surface area contributed by atoms with Gasteiger partial charge in [0.15, 0.2) is 0 Å². The van der Waals surface area contributed by atoms with Crippen LogP contribution >= 0.6 is 22.7 Å². The summed E-state index contributed by atoms with van der Waals surface area (Å²) >= 11 is 3.66. The van der Waals surface area contributed by atoms with Gasteiger partial charge in [0.1, 0.15) is 0 Å². The average molecular weight is 316 g/mol. The molecule has 0 saturated carbocycles. The van der Waals surface area contributed by atoms with E-state index in [0.29, 0.717) is 6.54 Å². The fourth-order valence-corrected chi connectivity index (χ4v) is 4.45. The molecule has 21 heavy (non-hydrogen) atoms. The molecule has 0 atom stereocenters. The van der Waals surface area contributed by atoms with Crippen LogP contribution in [-0.4, -0.2) is 11.4 Å². The molecule has 2 N–H and O–H groups in total. The Hall–Kier alpha value is -1.20. The molecule has 0 radical (unpaired) electrons. The van der Waals surface area contributed by atoms with Crippen molar-refractivity contribution in [2.24, 2.45) is 5.73 Å². The summed E-state index contributed by atoms with van der Waals surface area (Å²) in [5.41, 5.74) is 7.38. The molecular weight excluding hydrogens is 296 g/mol. The lowest BCUT2D eigenvalue weighted by Crippen LogP contribution is -2.22. The van der Waals surface area contributed by atoms with E-state index in [1.54, 1.807) is 0 Å². The minimum absolute atomic E-state index is 0.630. The van der Waals surface area contributed by atoms with Crippen molar-refractivity contribution in [2.45, 2.75) is 26.6 Å². The largest absolute Gasteiger partial charge is 0.326 e. The predicted molar refractivity (Wildman–Crippen MR) is 93.8 cm³/mol. The molecular formula is C17H20N2S2. The van der Waals surface area contributed by atoms with E-state index in [1.807, 2.05) is 22.7 Å². The summed E-state index contributed by atoms with van der Waals surface area (Å²) in [4.78, 5) is 5.23. The molecule has 2 heterocycles. The van der Waals surface area contributed by atoms with E-state index >= 15 is 0 Å². The van der Waals surface area contributed by atoms with Crippen LogP contribution in [0.4, 0.5) is 0 Å². The first-order chi connectivity index (χ1) is 10.3. The van der Waals surface area contributed by atoms with Gasteiger partial charge in [0.25, 0.3) is 0 Å². The second kappa shape index (κ2) is 6.71. The van der Waals surface area contributed by atoms with Crippen LogP contribution in [0.5, 0.6) is 0 Å². The number of nitrogens with two attached hydrogens (primary N) is 1. The van der Waals surface area contributed by atoms with Gasteiger partial charge in [-0.1, -0.05) is 31.2 Å². The lowest BCUT2D eigenvalue weighted by molar-refractivity contribution is 0.274. The van der Waals surface area contributed by atoms with E-state index in [0.717, 1.165) is 19.6 Å². The Morgan fingerprint density at radius 1 is 1.10 bits per heavy atom. The maximum atomic E-state index is 5.96. The van der Waals surface area contributed by atoms with Gasteiger partial charge in [-0.25, -0.2) is 0 Å². The smallest absolute Gasteiger partial charge is 0.0349 e. The normalized spacial score (nSPS) is 11.6. The standard InChI is InChI=1S/C17H20N2S2/c1-2-19(11-13-6-5-9-20-13)12-15-14-7-3-4-8-16(14)21-17(15)10-18/h3-9H,2,10-12,18H2,1H3. The number of fused-ring (bicyclic) bond motifs is 1. The van der Waals surface area contributed by atoms with Crippen molar-refractivity contribution in [2.75, 3.05) is 6.54 Å². The van der Waals surface area contributed by atoms with Crippen molar-refractivity contribution in [1.82, 2.24) is 4.90 Å². The average Bonchev–Trinajstić information content (AvgIpc) is 3.14. The molecule has 0 aliphatic carbocycles. The number of hydrogen-bond donors (Lipinski definition) is 1. The van der Waals surface area contributed by atoms with Gasteiger partial charge in [0.2, 0.25) is 0 Å². The highest BCUT2D eigenvalue weighted by Crippen LogP contribution is 2.32. The van der Waals surface area contributed by atoms with Crippen molar-refractivity contribution in [3.8, 4) is 0 Å². The molecule has 0 spiro atoms. The van der Waals surface area contributed by atoms with Gasteiger partial charge in [-0.2, -0.15) is 0 Å². The van der Waals surface area contributed by atoms with Crippen LogP contribution in [-0.2, 0) is 19.6 Å². The van der Waals surface area contributed by atoms with Gasteiger partial charge < -0.3 is 5.73 Å². The van der Waals surface area contributed by atoms with Crippen LogP contribution in [0.15, 0.2) is 41.8 Å². The lowest BCUT2D eigenvalue weighted by Gasteiger charge is -2.20. The molecule has 4 heteroatoms. The molecule has 3 aromatic rings.